The lowest BCUT2D eigenvalue weighted by Gasteiger charge is -2.10. The van der Waals surface area contributed by atoms with E-state index in [1.54, 1.807) is 11.3 Å². The van der Waals surface area contributed by atoms with Gasteiger partial charge >= 0.3 is 0 Å². The van der Waals surface area contributed by atoms with Crippen molar-refractivity contribution in [3.8, 4) is 67.9 Å². The fourth-order valence-corrected chi connectivity index (χ4v) is 8.64. The van der Waals surface area contributed by atoms with Gasteiger partial charge in [-0.3, -0.25) is 0 Å². The van der Waals surface area contributed by atoms with Gasteiger partial charge in [0.25, 0.3) is 0 Å². The molecule has 0 aliphatic carbocycles. The molecule has 0 unspecified atom stereocenters. The van der Waals surface area contributed by atoms with E-state index in [-0.39, 0.29) is 0 Å². The Labute approximate surface area is 325 Å². The van der Waals surface area contributed by atoms with Crippen molar-refractivity contribution in [2.24, 2.45) is 0 Å². The van der Waals surface area contributed by atoms with Crippen LogP contribution >= 0.6 is 11.3 Å². The van der Waals surface area contributed by atoms with Gasteiger partial charge in [-0.2, -0.15) is 0 Å². The topological polar surface area (TPSA) is 77.6 Å². The molecule has 11 rings (SSSR count). The minimum absolute atomic E-state index is 0.634. The van der Waals surface area contributed by atoms with Gasteiger partial charge in [-0.05, 0) is 41.5 Å². The smallest absolute Gasteiger partial charge is 0.180 e. The van der Waals surface area contributed by atoms with Crippen LogP contribution in [0, 0.1) is 0 Å². The molecule has 0 saturated carbocycles. The highest BCUT2D eigenvalue weighted by molar-refractivity contribution is 7.26. The first-order chi connectivity index (χ1) is 27.7. The zero-order valence-electron chi connectivity index (χ0n) is 29.8. The predicted molar refractivity (Wildman–Crippen MR) is 228 cm³/mol. The number of hydrogen-bond donors (Lipinski definition) is 0. The van der Waals surface area contributed by atoms with Gasteiger partial charge in [-0.1, -0.05) is 146 Å². The van der Waals surface area contributed by atoms with Crippen LogP contribution in [0.4, 0.5) is 0 Å². The molecule has 56 heavy (non-hydrogen) atoms. The number of hydrogen-bond acceptors (Lipinski definition) is 7. The lowest BCUT2D eigenvalue weighted by Crippen LogP contribution is -2.00. The Morgan fingerprint density at radius 2 is 0.982 bits per heavy atom. The van der Waals surface area contributed by atoms with Gasteiger partial charge in [0.15, 0.2) is 28.9 Å². The standard InChI is InChI=1S/C49H29N5OS/c1-4-14-30(15-5-1)33-20-12-21-34(28-33)43-45-44(36-22-10-11-24-39(36)55-45)51-48(50-43)35-26-27-37-41(29-35)56-40-25-13-23-38(42(37)40)49-53-46(31-16-6-2-7-17-31)52-47(54-49)32-18-8-3-9-19-32/h1-29H. The van der Waals surface area contributed by atoms with Gasteiger partial charge in [0.1, 0.15) is 16.8 Å². The molecule has 0 N–H and O–H groups in total. The molecule has 7 heteroatoms. The van der Waals surface area contributed by atoms with Crippen LogP contribution in [0.5, 0.6) is 0 Å². The van der Waals surface area contributed by atoms with Crippen LogP contribution in [-0.2, 0) is 0 Å². The lowest BCUT2D eigenvalue weighted by molar-refractivity contribution is 0.667. The van der Waals surface area contributed by atoms with E-state index in [0.29, 0.717) is 28.9 Å². The van der Waals surface area contributed by atoms with Gasteiger partial charge in [-0.25, -0.2) is 24.9 Å². The van der Waals surface area contributed by atoms with Gasteiger partial charge in [-0.15, -0.1) is 11.3 Å². The molecule has 0 aliphatic heterocycles. The summed E-state index contributed by atoms with van der Waals surface area (Å²) in [7, 11) is 0. The van der Waals surface area contributed by atoms with Crippen LogP contribution in [0.1, 0.15) is 0 Å². The fraction of sp³-hybridized carbons (Fsp3) is 0. The monoisotopic (exact) mass is 735 g/mol. The van der Waals surface area contributed by atoms with Crippen molar-refractivity contribution in [1.29, 1.82) is 0 Å². The van der Waals surface area contributed by atoms with Crippen LogP contribution in [0.3, 0.4) is 0 Å². The average molecular weight is 736 g/mol. The van der Waals surface area contributed by atoms with Crippen molar-refractivity contribution in [2.75, 3.05) is 0 Å². The molecule has 262 valence electrons. The number of aromatic nitrogens is 5. The fourth-order valence-electron chi connectivity index (χ4n) is 7.47. The first kappa shape index (κ1) is 32.1. The molecule has 0 atom stereocenters. The van der Waals surface area contributed by atoms with Crippen molar-refractivity contribution in [3.63, 3.8) is 0 Å². The molecule has 0 fully saturated rings. The molecular formula is C49H29N5OS. The van der Waals surface area contributed by atoms with Crippen molar-refractivity contribution in [2.45, 2.75) is 0 Å². The van der Waals surface area contributed by atoms with Crippen LogP contribution in [0.15, 0.2) is 180 Å². The van der Waals surface area contributed by atoms with Crippen molar-refractivity contribution in [3.05, 3.63) is 176 Å². The molecular weight excluding hydrogens is 707 g/mol. The molecule has 11 aromatic rings. The van der Waals surface area contributed by atoms with Crippen LogP contribution in [0.2, 0.25) is 0 Å². The predicted octanol–water partition coefficient (Wildman–Crippen LogP) is 12.9. The van der Waals surface area contributed by atoms with Crippen molar-refractivity contribution in [1.82, 2.24) is 24.9 Å². The summed E-state index contributed by atoms with van der Waals surface area (Å²) in [5.41, 5.74) is 10.00. The Balaban J connectivity index is 1.08. The number of thiophene rings is 1. The van der Waals surface area contributed by atoms with E-state index < -0.39 is 0 Å². The van der Waals surface area contributed by atoms with Gasteiger partial charge in [0.05, 0.1) is 0 Å². The van der Waals surface area contributed by atoms with Gasteiger partial charge in [0.2, 0.25) is 0 Å². The molecule has 6 nitrogen and oxygen atoms in total. The molecule has 0 saturated heterocycles. The summed E-state index contributed by atoms with van der Waals surface area (Å²) < 4.78 is 8.74. The van der Waals surface area contributed by atoms with E-state index in [9.17, 15) is 0 Å². The van der Waals surface area contributed by atoms with Gasteiger partial charge < -0.3 is 4.42 Å². The van der Waals surface area contributed by atoms with Crippen molar-refractivity contribution < 1.29 is 4.42 Å². The first-order valence-electron chi connectivity index (χ1n) is 18.4. The molecule has 0 radical (unpaired) electrons. The maximum absolute atomic E-state index is 6.47. The SMILES string of the molecule is c1ccc(-c2cccc(-c3nc(-c4ccc5c(c4)sc4cccc(-c6nc(-c7ccccc7)nc(-c7ccccc7)n6)c45)nc4c3oc3ccccc34)c2)cc1. The molecule has 0 spiro atoms. The third kappa shape index (κ3) is 5.52. The van der Waals surface area contributed by atoms with Crippen LogP contribution in [0.25, 0.3) is 110 Å². The summed E-state index contributed by atoms with van der Waals surface area (Å²) in [6.07, 6.45) is 0. The lowest BCUT2D eigenvalue weighted by atomic mass is 10.0. The Morgan fingerprint density at radius 3 is 1.73 bits per heavy atom. The molecule has 0 amide bonds. The van der Waals surface area contributed by atoms with Gasteiger partial charge in [0, 0.05) is 53.4 Å². The minimum atomic E-state index is 0.634. The molecule has 4 aromatic heterocycles. The van der Waals surface area contributed by atoms with E-state index in [1.165, 1.54) is 0 Å². The maximum Gasteiger partial charge on any atom is 0.180 e. The zero-order chi connectivity index (χ0) is 37.0. The third-order valence-electron chi connectivity index (χ3n) is 10.2. The number of furan rings is 1. The average Bonchev–Trinajstić information content (AvgIpc) is 3.85. The summed E-state index contributed by atoms with van der Waals surface area (Å²) in [6, 6.07) is 60.0. The molecule has 0 aliphatic rings. The first-order valence-corrected chi connectivity index (χ1v) is 19.2. The summed E-state index contributed by atoms with van der Waals surface area (Å²) in [6.45, 7) is 0. The van der Waals surface area contributed by atoms with E-state index in [0.717, 1.165) is 81.3 Å². The Bertz CT molecular complexity index is 3190. The summed E-state index contributed by atoms with van der Waals surface area (Å²) in [4.78, 5) is 25.5. The second kappa shape index (κ2) is 13.2. The second-order valence-corrected chi connectivity index (χ2v) is 14.7. The minimum Gasteiger partial charge on any atom is -0.452 e. The number of para-hydroxylation sites is 1. The Kier molecular flexibility index (Phi) is 7.57. The van der Waals surface area contributed by atoms with E-state index in [1.807, 2.05) is 84.9 Å². The van der Waals surface area contributed by atoms with Crippen molar-refractivity contribution >= 4 is 53.6 Å². The van der Waals surface area contributed by atoms with Crippen LogP contribution < -0.4 is 0 Å². The summed E-state index contributed by atoms with van der Waals surface area (Å²) in [5, 5.41) is 3.19. The summed E-state index contributed by atoms with van der Waals surface area (Å²) in [5.74, 6) is 2.55. The number of benzene rings is 7. The number of nitrogens with zero attached hydrogens (tertiary/aromatic N) is 5. The normalized spacial score (nSPS) is 11.6. The quantitative estimate of drug-likeness (QED) is 0.169. The molecule has 0 bridgehead atoms. The summed E-state index contributed by atoms with van der Waals surface area (Å²) >= 11 is 1.74. The van der Waals surface area contributed by atoms with Crippen LogP contribution in [-0.4, -0.2) is 24.9 Å². The van der Waals surface area contributed by atoms with E-state index >= 15 is 0 Å². The van der Waals surface area contributed by atoms with E-state index in [2.05, 4.69) is 91.0 Å². The third-order valence-corrected chi connectivity index (χ3v) is 11.3. The van der Waals surface area contributed by atoms with E-state index in [4.69, 9.17) is 29.3 Å². The largest absolute Gasteiger partial charge is 0.452 e. The zero-order valence-corrected chi connectivity index (χ0v) is 30.6. The highest BCUT2D eigenvalue weighted by atomic mass is 32.1. The highest BCUT2D eigenvalue weighted by Gasteiger charge is 2.21. The highest BCUT2D eigenvalue weighted by Crippen LogP contribution is 2.42. The Hall–Kier alpha value is -7.35. The Morgan fingerprint density at radius 1 is 0.375 bits per heavy atom. The number of rotatable bonds is 6. The number of fused-ring (bicyclic) bond motifs is 6. The maximum atomic E-state index is 6.47. The molecule has 4 heterocycles. The molecule has 7 aromatic carbocycles. The second-order valence-electron chi connectivity index (χ2n) is 13.6.